The zero-order valence-corrected chi connectivity index (χ0v) is 20.8. The summed E-state index contributed by atoms with van der Waals surface area (Å²) >= 11 is 0. The minimum Gasteiger partial charge on any atom is -0.437 e. The summed E-state index contributed by atoms with van der Waals surface area (Å²) in [5.74, 6) is -1.50. The van der Waals surface area contributed by atoms with E-state index >= 15 is 0 Å². The van der Waals surface area contributed by atoms with Crippen molar-refractivity contribution in [2.45, 2.75) is 32.0 Å². The number of carbonyl (C=O) groups is 2. The Morgan fingerprint density at radius 2 is 1.79 bits per heavy atom. The van der Waals surface area contributed by atoms with E-state index in [1.807, 2.05) is 6.07 Å². The van der Waals surface area contributed by atoms with Gasteiger partial charge in [-0.1, -0.05) is 12.1 Å². The summed E-state index contributed by atoms with van der Waals surface area (Å²) in [6, 6.07) is 14.0. The predicted molar refractivity (Wildman–Crippen MR) is 135 cm³/mol. The van der Waals surface area contributed by atoms with Gasteiger partial charge in [-0.25, -0.2) is 9.37 Å². The van der Waals surface area contributed by atoms with Crippen molar-refractivity contribution >= 4 is 22.9 Å². The van der Waals surface area contributed by atoms with Crippen LogP contribution in [0, 0.1) is 17.1 Å². The number of pyridine rings is 1. The number of nitriles is 1. The lowest BCUT2D eigenvalue weighted by Crippen LogP contribution is -2.31. The number of carbonyl (C=O) groups excluding carboxylic acids is 2. The van der Waals surface area contributed by atoms with E-state index in [0.717, 1.165) is 0 Å². The molecule has 0 aliphatic heterocycles. The normalized spacial score (nSPS) is 12.1. The Labute approximate surface area is 220 Å². The summed E-state index contributed by atoms with van der Waals surface area (Å²) in [7, 11) is 1.41. The summed E-state index contributed by atoms with van der Waals surface area (Å²) < 4.78 is 58.9. The molecule has 39 heavy (non-hydrogen) atoms. The van der Waals surface area contributed by atoms with Gasteiger partial charge >= 0.3 is 6.18 Å². The van der Waals surface area contributed by atoms with Gasteiger partial charge in [0.2, 0.25) is 5.71 Å². The van der Waals surface area contributed by atoms with E-state index in [1.165, 1.54) is 56.4 Å². The first-order valence-electron chi connectivity index (χ1n) is 11.8. The second-order valence-corrected chi connectivity index (χ2v) is 8.75. The molecule has 2 amide bonds. The minimum absolute atomic E-state index is 0.0469. The van der Waals surface area contributed by atoms with Crippen molar-refractivity contribution in [3.63, 3.8) is 0 Å². The number of hydrogen-bond acceptors (Lipinski definition) is 5. The number of nitrogens with one attached hydrogen (secondary N) is 2. The smallest absolute Gasteiger partial charge is 0.389 e. The topological polar surface area (TPSA) is 108 Å². The lowest BCUT2D eigenvalue weighted by molar-refractivity contribution is -0.134. The van der Waals surface area contributed by atoms with Gasteiger partial charge in [0.1, 0.15) is 17.6 Å². The molecule has 7 nitrogen and oxygen atoms in total. The molecule has 0 saturated carbocycles. The molecule has 1 unspecified atom stereocenters. The lowest BCUT2D eigenvalue weighted by atomic mass is 9.96. The first-order chi connectivity index (χ1) is 18.5. The number of fused-ring (bicyclic) bond motifs is 1. The van der Waals surface area contributed by atoms with Crippen LogP contribution in [-0.4, -0.2) is 36.1 Å². The highest BCUT2D eigenvalue weighted by Crippen LogP contribution is 2.37. The SMILES string of the molecule is CNC(=O)c1c(-c2ccc(F)cc2)oc2nc(CCC(F)(F)F)c(-c3cccc(C(=O)NC(C)C#N)c3)cc12. The predicted octanol–water partition coefficient (Wildman–Crippen LogP) is 5.80. The summed E-state index contributed by atoms with van der Waals surface area (Å²) in [6.45, 7) is 1.51. The van der Waals surface area contributed by atoms with E-state index in [2.05, 4.69) is 15.6 Å². The molecule has 4 rings (SSSR count). The van der Waals surface area contributed by atoms with Crippen molar-refractivity contribution in [1.29, 1.82) is 5.26 Å². The first-order valence-corrected chi connectivity index (χ1v) is 11.8. The van der Waals surface area contributed by atoms with E-state index in [0.29, 0.717) is 11.1 Å². The van der Waals surface area contributed by atoms with Crippen LogP contribution in [0.1, 0.15) is 39.8 Å². The molecule has 4 aromatic rings. The van der Waals surface area contributed by atoms with Crippen LogP contribution in [-0.2, 0) is 6.42 Å². The highest BCUT2D eigenvalue weighted by atomic mass is 19.4. The van der Waals surface area contributed by atoms with Crippen molar-refractivity contribution < 1.29 is 31.6 Å². The largest absolute Gasteiger partial charge is 0.437 e. The fraction of sp³-hybridized carbons (Fsp3) is 0.214. The monoisotopic (exact) mass is 538 g/mol. The zero-order chi connectivity index (χ0) is 28.3. The zero-order valence-electron chi connectivity index (χ0n) is 20.8. The Morgan fingerprint density at radius 3 is 2.44 bits per heavy atom. The van der Waals surface area contributed by atoms with Gasteiger partial charge in [-0.05, 0) is 61.4 Å². The fourth-order valence-electron chi connectivity index (χ4n) is 4.06. The van der Waals surface area contributed by atoms with E-state index < -0.39 is 42.7 Å². The third kappa shape index (κ3) is 6.06. The summed E-state index contributed by atoms with van der Waals surface area (Å²) in [5, 5.41) is 14.2. The molecule has 2 aromatic heterocycles. The first kappa shape index (κ1) is 27.3. The number of nitrogens with zero attached hydrogens (tertiary/aromatic N) is 2. The molecular weight excluding hydrogens is 516 g/mol. The summed E-state index contributed by atoms with van der Waals surface area (Å²) in [6.07, 6.45) is -6.11. The molecule has 2 aromatic carbocycles. The maximum absolute atomic E-state index is 13.5. The average Bonchev–Trinajstić information content (AvgIpc) is 3.29. The third-order valence-electron chi connectivity index (χ3n) is 5.94. The third-order valence-corrected chi connectivity index (χ3v) is 5.94. The quantitative estimate of drug-likeness (QED) is 0.289. The van der Waals surface area contributed by atoms with Crippen molar-refractivity contribution in [1.82, 2.24) is 15.6 Å². The van der Waals surface area contributed by atoms with Gasteiger partial charge in [-0.2, -0.15) is 18.4 Å². The molecule has 2 heterocycles. The molecule has 0 bridgehead atoms. The molecule has 0 aliphatic carbocycles. The molecule has 200 valence electrons. The number of rotatable bonds is 7. The van der Waals surface area contributed by atoms with Crippen molar-refractivity contribution in [3.8, 4) is 28.5 Å². The Hall–Kier alpha value is -4.72. The molecule has 1 atom stereocenters. The highest BCUT2D eigenvalue weighted by molar-refractivity contribution is 6.11. The lowest BCUT2D eigenvalue weighted by Gasteiger charge is -2.13. The van der Waals surface area contributed by atoms with Crippen LogP contribution in [0.5, 0.6) is 0 Å². The number of amides is 2. The maximum atomic E-state index is 13.5. The molecule has 2 N–H and O–H groups in total. The van der Waals surface area contributed by atoms with Gasteiger partial charge in [-0.15, -0.1) is 0 Å². The van der Waals surface area contributed by atoms with E-state index in [-0.39, 0.29) is 39.2 Å². The van der Waals surface area contributed by atoms with Crippen LogP contribution in [0.4, 0.5) is 17.6 Å². The number of benzene rings is 2. The average molecular weight is 539 g/mol. The number of aromatic nitrogens is 1. The highest BCUT2D eigenvalue weighted by Gasteiger charge is 2.29. The van der Waals surface area contributed by atoms with Crippen LogP contribution in [0.3, 0.4) is 0 Å². The number of hydrogen-bond donors (Lipinski definition) is 2. The van der Waals surface area contributed by atoms with Crippen LogP contribution < -0.4 is 10.6 Å². The Morgan fingerprint density at radius 1 is 1.08 bits per heavy atom. The number of aryl methyl sites for hydroxylation is 1. The van der Waals surface area contributed by atoms with E-state index in [9.17, 15) is 27.2 Å². The minimum atomic E-state index is -4.46. The van der Waals surface area contributed by atoms with Crippen molar-refractivity contribution in [2.75, 3.05) is 7.05 Å². The Bertz CT molecular complexity index is 1590. The second kappa shape index (κ2) is 10.9. The molecule has 0 spiro atoms. The number of halogens is 4. The van der Waals surface area contributed by atoms with Gasteiger partial charge in [-0.3, -0.25) is 9.59 Å². The molecular formula is C28H22F4N4O3. The molecule has 0 saturated heterocycles. The van der Waals surface area contributed by atoms with Gasteiger partial charge in [0.25, 0.3) is 11.8 Å². The molecule has 11 heteroatoms. The van der Waals surface area contributed by atoms with Crippen LogP contribution in [0.25, 0.3) is 33.6 Å². The van der Waals surface area contributed by atoms with Crippen LogP contribution in [0.15, 0.2) is 59.0 Å². The van der Waals surface area contributed by atoms with Gasteiger partial charge in [0, 0.05) is 30.2 Å². The summed E-state index contributed by atoms with van der Waals surface area (Å²) in [5.41, 5.74) is 1.26. The van der Waals surface area contributed by atoms with Crippen molar-refractivity contribution in [3.05, 3.63) is 77.2 Å². The summed E-state index contributed by atoms with van der Waals surface area (Å²) in [4.78, 5) is 29.9. The number of alkyl halides is 3. The Kier molecular flexibility index (Phi) is 7.67. The van der Waals surface area contributed by atoms with Crippen molar-refractivity contribution in [2.24, 2.45) is 0 Å². The number of furan rings is 1. The van der Waals surface area contributed by atoms with Gasteiger partial charge in [0.15, 0.2) is 0 Å². The molecule has 0 fully saturated rings. The van der Waals surface area contributed by atoms with Gasteiger partial charge in [0.05, 0.1) is 22.7 Å². The fourth-order valence-corrected chi connectivity index (χ4v) is 4.06. The molecule has 0 aliphatic rings. The standard InChI is InChI=1S/C28H22F4N4O3/c1-15(14-33)35-25(37)18-5-3-4-17(12-18)20-13-21-23(26(38)34-2)24(16-6-8-19(29)9-7-16)39-27(21)36-22(20)10-11-28(30,31)32/h3-9,12-13,15H,10-11H2,1-2H3,(H,34,38)(H,35,37). The van der Waals surface area contributed by atoms with Crippen LogP contribution in [0.2, 0.25) is 0 Å². The van der Waals surface area contributed by atoms with E-state index in [4.69, 9.17) is 9.68 Å². The maximum Gasteiger partial charge on any atom is 0.389 e. The van der Waals surface area contributed by atoms with Crippen LogP contribution >= 0.6 is 0 Å². The van der Waals surface area contributed by atoms with E-state index in [1.54, 1.807) is 12.1 Å². The Balaban J connectivity index is 1.93. The second-order valence-electron chi connectivity index (χ2n) is 8.75. The molecule has 0 radical (unpaired) electrons. The van der Waals surface area contributed by atoms with Gasteiger partial charge < -0.3 is 15.1 Å².